The average Bonchev–Trinajstić information content (AvgIpc) is 2.39. The molecule has 0 saturated carbocycles. The summed E-state index contributed by atoms with van der Waals surface area (Å²) in [5, 5.41) is 14.9. The predicted molar refractivity (Wildman–Crippen MR) is 77.0 cm³/mol. The van der Waals surface area contributed by atoms with E-state index in [1.807, 2.05) is 0 Å². The molecule has 1 aromatic rings. The van der Waals surface area contributed by atoms with E-state index in [0.717, 1.165) is 19.4 Å². The minimum Gasteiger partial charge on any atom is -0.396 e. The van der Waals surface area contributed by atoms with Gasteiger partial charge in [-0.15, -0.1) is 0 Å². The van der Waals surface area contributed by atoms with E-state index in [0.29, 0.717) is 6.54 Å². The Morgan fingerprint density at radius 3 is 2.53 bits per heavy atom. The number of carbonyl (C=O) groups is 1. The average molecular weight is 264 g/mol. The van der Waals surface area contributed by atoms with Gasteiger partial charge in [0.05, 0.1) is 0 Å². The first kappa shape index (κ1) is 15.7. The number of hydrogen-bond acceptors (Lipinski definition) is 3. The molecule has 1 atom stereocenters. The fraction of sp³-hybridized carbons (Fsp3) is 0.533. The lowest BCUT2D eigenvalue weighted by molar-refractivity contribution is -0.118. The third-order valence-corrected chi connectivity index (χ3v) is 3.05. The summed E-state index contributed by atoms with van der Waals surface area (Å²) in [6, 6.07) is 8.71. The van der Waals surface area contributed by atoms with Crippen LogP contribution in [0.25, 0.3) is 0 Å². The van der Waals surface area contributed by atoms with Gasteiger partial charge >= 0.3 is 0 Å². The van der Waals surface area contributed by atoms with Gasteiger partial charge in [0.1, 0.15) is 0 Å². The molecule has 0 aromatic heterocycles. The molecule has 0 aliphatic carbocycles. The van der Waals surface area contributed by atoms with Gasteiger partial charge in [-0.2, -0.15) is 0 Å². The lowest BCUT2D eigenvalue weighted by Gasteiger charge is -2.14. The highest BCUT2D eigenvalue weighted by molar-refractivity contribution is 5.72. The largest absolute Gasteiger partial charge is 0.396 e. The van der Waals surface area contributed by atoms with Crippen molar-refractivity contribution in [3.05, 3.63) is 35.4 Å². The number of aliphatic hydroxyl groups is 1. The van der Waals surface area contributed by atoms with Crippen molar-refractivity contribution in [3.8, 4) is 0 Å². The van der Waals surface area contributed by atoms with Crippen molar-refractivity contribution in [2.75, 3.05) is 19.7 Å². The quantitative estimate of drug-likeness (QED) is 0.622. The van der Waals surface area contributed by atoms with Gasteiger partial charge in [0.15, 0.2) is 0 Å². The molecule has 1 aromatic carbocycles. The van der Waals surface area contributed by atoms with Crippen LogP contribution < -0.4 is 10.6 Å². The summed E-state index contributed by atoms with van der Waals surface area (Å²) < 4.78 is 0. The molecule has 0 fully saturated rings. The van der Waals surface area contributed by atoms with Crippen molar-refractivity contribution in [1.82, 2.24) is 10.6 Å². The zero-order chi connectivity index (χ0) is 14.1. The first-order chi connectivity index (χ1) is 9.13. The molecule has 1 unspecified atom stereocenters. The standard InChI is InChI=1S/C15H24N2O2/c1-12(16-9-3-11-18)15-6-4-14(5-7-15)8-10-17-13(2)19/h4-7,12,16,18H,3,8-11H2,1-2H3,(H,17,19). The van der Waals surface area contributed by atoms with E-state index < -0.39 is 0 Å². The van der Waals surface area contributed by atoms with Crippen LogP contribution in [-0.4, -0.2) is 30.7 Å². The summed E-state index contributed by atoms with van der Waals surface area (Å²) in [5.41, 5.74) is 2.46. The van der Waals surface area contributed by atoms with Crippen LogP contribution in [0.2, 0.25) is 0 Å². The Kier molecular flexibility index (Phi) is 7.15. The Morgan fingerprint density at radius 1 is 1.26 bits per heavy atom. The van der Waals surface area contributed by atoms with Crippen LogP contribution in [0.15, 0.2) is 24.3 Å². The number of nitrogens with one attached hydrogen (secondary N) is 2. The monoisotopic (exact) mass is 264 g/mol. The van der Waals surface area contributed by atoms with Crippen LogP contribution in [0.3, 0.4) is 0 Å². The van der Waals surface area contributed by atoms with Gasteiger partial charge in [-0.3, -0.25) is 4.79 Å². The topological polar surface area (TPSA) is 61.4 Å². The van der Waals surface area contributed by atoms with Crippen LogP contribution in [0, 0.1) is 0 Å². The third kappa shape index (κ3) is 6.36. The summed E-state index contributed by atoms with van der Waals surface area (Å²) in [6.45, 7) is 5.37. The maximum Gasteiger partial charge on any atom is 0.216 e. The third-order valence-electron chi connectivity index (χ3n) is 3.05. The maximum atomic E-state index is 10.8. The highest BCUT2D eigenvalue weighted by atomic mass is 16.3. The Hall–Kier alpha value is -1.39. The highest BCUT2D eigenvalue weighted by Gasteiger charge is 2.04. The van der Waals surface area contributed by atoms with Crippen LogP contribution in [-0.2, 0) is 11.2 Å². The van der Waals surface area contributed by atoms with Crippen molar-refractivity contribution in [1.29, 1.82) is 0 Å². The van der Waals surface area contributed by atoms with Crippen LogP contribution in [0.5, 0.6) is 0 Å². The smallest absolute Gasteiger partial charge is 0.216 e. The van der Waals surface area contributed by atoms with Crippen LogP contribution >= 0.6 is 0 Å². The molecule has 0 saturated heterocycles. The van der Waals surface area contributed by atoms with E-state index in [1.54, 1.807) is 0 Å². The second kappa shape index (κ2) is 8.67. The number of aliphatic hydroxyl groups excluding tert-OH is 1. The van der Waals surface area contributed by atoms with Gasteiger partial charge in [-0.05, 0) is 37.4 Å². The second-order valence-corrected chi connectivity index (χ2v) is 4.73. The van der Waals surface area contributed by atoms with Crippen LogP contribution in [0.4, 0.5) is 0 Å². The molecule has 106 valence electrons. The number of carbonyl (C=O) groups excluding carboxylic acids is 1. The van der Waals surface area contributed by atoms with Gasteiger partial charge in [0, 0.05) is 26.1 Å². The van der Waals surface area contributed by atoms with E-state index in [9.17, 15) is 4.79 Å². The SMILES string of the molecule is CC(=O)NCCc1ccc(C(C)NCCCO)cc1. The molecular formula is C15H24N2O2. The molecule has 1 rings (SSSR count). The molecule has 0 spiro atoms. The summed E-state index contributed by atoms with van der Waals surface area (Å²) >= 11 is 0. The van der Waals surface area contributed by atoms with E-state index in [2.05, 4.69) is 41.8 Å². The number of amides is 1. The van der Waals surface area contributed by atoms with Crippen molar-refractivity contribution >= 4 is 5.91 Å². The molecule has 0 aliphatic heterocycles. The van der Waals surface area contributed by atoms with Gasteiger partial charge in [0.2, 0.25) is 5.91 Å². The Bertz CT molecular complexity index is 376. The minimum absolute atomic E-state index is 0.0123. The molecule has 4 nitrogen and oxygen atoms in total. The molecule has 3 N–H and O–H groups in total. The van der Waals surface area contributed by atoms with E-state index in [1.165, 1.54) is 18.1 Å². The van der Waals surface area contributed by atoms with Gasteiger partial charge in [-0.25, -0.2) is 0 Å². The molecule has 0 heterocycles. The molecule has 0 aliphatic rings. The van der Waals surface area contributed by atoms with E-state index >= 15 is 0 Å². The summed E-state index contributed by atoms with van der Waals surface area (Å²) in [5.74, 6) is 0.0123. The highest BCUT2D eigenvalue weighted by Crippen LogP contribution is 2.13. The molecule has 0 bridgehead atoms. The lowest BCUT2D eigenvalue weighted by atomic mass is 10.0. The minimum atomic E-state index is 0.0123. The predicted octanol–water partition coefficient (Wildman–Crippen LogP) is 1.40. The fourth-order valence-electron chi connectivity index (χ4n) is 1.87. The van der Waals surface area contributed by atoms with Crippen molar-refractivity contribution in [3.63, 3.8) is 0 Å². The Labute approximate surface area is 115 Å². The zero-order valence-corrected chi connectivity index (χ0v) is 11.8. The van der Waals surface area contributed by atoms with Gasteiger partial charge in [-0.1, -0.05) is 24.3 Å². The molecule has 4 heteroatoms. The molecule has 19 heavy (non-hydrogen) atoms. The normalized spacial score (nSPS) is 12.2. The molecule has 1 amide bonds. The van der Waals surface area contributed by atoms with Crippen LogP contribution in [0.1, 0.15) is 37.4 Å². The number of benzene rings is 1. The zero-order valence-electron chi connectivity index (χ0n) is 11.8. The summed E-state index contributed by atoms with van der Waals surface area (Å²) in [4.78, 5) is 10.8. The maximum absolute atomic E-state index is 10.8. The van der Waals surface area contributed by atoms with E-state index in [4.69, 9.17) is 5.11 Å². The summed E-state index contributed by atoms with van der Waals surface area (Å²) in [7, 11) is 0. The van der Waals surface area contributed by atoms with E-state index in [-0.39, 0.29) is 18.6 Å². The van der Waals surface area contributed by atoms with Gasteiger partial charge < -0.3 is 15.7 Å². The Balaban J connectivity index is 2.39. The molecule has 0 radical (unpaired) electrons. The fourth-order valence-corrected chi connectivity index (χ4v) is 1.87. The van der Waals surface area contributed by atoms with Gasteiger partial charge in [0.25, 0.3) is 0 Å². The Morgan fingerprint density at radius 2 is 1.95 bits per heavy atom. The van der Waals surface area contributed by atoms with Crippen molar-refractivity contribution in [2.45, 2.75) is 32.7 Å². The number of hydrogen-bond donors (Lipinski definition) is 3. The molecular weight excluding hydrogens is 240 g/mol. The first-order valence-electron chi connectivity index (χ1n) is 6.81. The van der Waals surface area contributed by atoms with Crippen molar-refractivity contribution in [2.24, 2.45) is 0 Å². The van der Waals surface area contributed by atoms with Crippen molar-refractivity contribution < 1.29 is 9.90 Å². The summed E-state index contributed by atoms with van der Waals surface area (Å²) in [6.07, 6.45) is 1.63. The lowest BCUT2D eigenvalue weighted by Crippen LogP contribution is -2.22. The first-order valence-corrected chi connectivity index (χ1v) is 6.81. The second-order valence-electron chi connectivity index (χ2n) is 4.73. The number of rotatable bonds is 8.